The number of rotatable bonds is 7. The molecule has 2 N–H and O–H groups in total. The average molecular weight is 248 g/mol. The van der Waals surface area contributed by atoms with Gasteiger partial charge in [0.2, 0.25) is 0 Å². The van der Waals surface area contributed by atoms with Crippen molar-refractivity contribution in [2.75, 3.05) is 20.1 Å². The Morgan fingerprint density at radius 2 is 2.17 bits per heavy atom. The van der Waals surface area contributed by atoms with Gasteiger partial charge < -0.3 is 15.3 Å². The molecular formula is C14H20N2O2. The first kappa shape index (κ1) is 13.1. The molecule has 0 bridgehead atoms. The Hall–Kier alpha value is -1.39. The summed E-state index contributed by atoms with van der Waals surface area (Å²) in [5.41, 5.74) is 1.24. The second kappa shape index (κ2) is 5.98. The molecule has 0 aromatic heterocycles. The molecular weight excluding hydrogens is 228 g/mol. The number of nitrogens with one attached hydrogen (secondary N) is 1. The monoisotopic (exact) mass is 248 g/mol. The van der Waals surface area contributed by atoms with Crippen LogP contribution in [0.2, 0.25) is 0 Å². The van der Waals surface area contributed by atoms with Crippen LogP contribution >= 0.6 is 0 Å². The normalized spacial score (nSPS) is 15.0. The number of benzene rings is 1. The van der Waals surface area contributed by atoms with E-state index in [1.807, 2.05) is 12.1 Å². The maximum Gasteiger partial charge on any atom is 0.336 e. The number of carboxylic acids is 1. The maximum absolute atomic E-state index is 11.0. The summed E-state index contributed by atoms with van der Waals surface area (Å²) in [7, 11) is 2.14. The number of aromatic carboxylic acids is 1. The lowest BCUT2D eigenvalue weighted by Gasteiger charge is -2.16. The van der Waals surface area contributed by atoms with Gasteiger partial charge in [-0.1, -0.05) is 18.2 Å². The smallest absolute Gasteiger partial charge is 0.336 e. The van der Waals surface area contributed by atoms with E-state index < -0.39 is 5.97 Å². The average Bonchev–Trinajstić information content (AvgIpc) is 3.19. The summed E-state index contributed by atoms with van der Waals surface area (Å²) in [6.45, 7) is 2.52. The molecule has 1 aromatic rings. The van der Waals surface area contributed by atoms with Crippen molar-refractivity contribution in [3.05, 3.63) is 35.4 Å². The van der Waals surface area contributed by atoms with Gasteiger partial charge in [0.05, 0.1) is 5.56 Å². The van der Waals surface area contributed by atoms with Crippen LogP contribution in [0.3, 0.4) is 0 Å². The molecule has 1 fully saturated rings. The third kappa shape index (κ3) is 3.55. The first-order valence-corrected chi connectivity index (χ1v) is 6.40. The molecule has 0 heterocycles. The predicted molar refractivity (Wildman–Crippen MR) is 70.8 cm³/mol. The number of likely N-dealkylation sites (N-methyl/N-ethyl adjacent to an activating group) is 1. The van der Waals surface area contributed by atoms with Crippen molar-refractivity contribution in [2.24, 2.45) is 0 Å². The van der Waals surface area contributed by atoms with Gasteiger partial charge in [-0.2, -0.15) is 0 Å². The zero-order valence-corrected chi connectivity index (χ0v) is 10.7. The van der Waals surface area contributed by atoms with E-state index in [0.29, 0.717) is 12.1 Å². The van der Waals surface area contributed by atoms with E-state index >= 15 is 0 Å². The fourth-order valence-corrected chi connectivity index (χ4v) is 2.06. The van der Waals surface area contributed by atoms with E-state index in [0.717, 1.165) is 24.7 Å². The minimum Gasteiger partial charge on any atom is -0.478 e. The van der Waals surface area contributed by atoms with E-state index in [4.69, 9.17) is 5.11 Å². The topological polar surface area (TPSA) is 52.6 Å². The maximum atomic E-state index is 11.0. The fraction of sp³-hybridized carbons (Fsp3) is 0.500. The van der Waals surface area contributed by atoms with Gasteiger partial charge in [0.25, 0.3) is 0 Å². The Morgan fingerprint density at radius 3 is 2.83 bits per heavy atom. The molecule has 98 valence electrons. The molecule has 1 saturated carbocycles. The van der Waals surface area contributed by atoms with Gasteiger partial charge in [-0.25, -0.2) is 4.79 Å². The molecule has 2 rings (SSSR count). The molecule has 4 heteroatoms. The van der Waals surface area contributed by atoms with Crippen molar-refractivity contribution >= 4 is 5.97 Å². The molecule has 4 nitrogen and oxygen atoms in total. The Balaban J connectivity index is 1.77. The van der Waals surface area contributed by atoms with Crippen molar-refractivity contribution in [1.29, 1.82) is 0 Å². The molecule has 1 aromatic carbocycles. The molecule has 0 spiro atoms. The lowest BCUT2D eigenvalue weighted by Crippen LogP contribution is -2.30. The van der Waals surface area contributed by atoms with Crippen LogP contribution in [0.5, 0.6) is 0 Å². The third-order valence-corrected chi connectivity index (χ3v) is 3.37. The van der Waals surface area contributed by atoms with Gasteiger partial charge in [0.15, 0.2) is 0 Å². The van der Waals surface area contributed by atoms with Crippen LogP contribution < -0.4 is 5.32 Å². The van der Waals surface area contributed by atoms with Gasteiger partial charge >= 0.3 is 5.97 Å². The highest BCUT2D eigenvalue weighted by molar-refractivity contribution is 5.89. The zero-order valence-electron chi connectivity index (χ0n) is 10.7. The third-order valence-electron chi connectivity index (χ3n) is 3.37. The van der Waals surface area contributed by atoms with E-state index in [9.17, 15) is 4.79 Å². The second-order valence-electron chi connectivity index (χ2n) is 4.85. The summed E-state index contributed by atoms with van der Waals surface area (Å²) in [6, 6.07) is 7.92. The van der Waals surface area contributed by atoms with Gasteiger partial charge in [-0.15, -0.1) is 0 Å². The molecule has 0 radical (unpaired) electrons. The van der Waals surface area contributed by atoms with Crippen LogP contribution in [-0.4, -0.2) is 42.2 Å². The Morgan fingerprint density at radius 1 is 1.44 bits per heavy atom. The molecule has 18 heavy (non-hydrogen) atoms. The van der Waals surface area contributed by atoms with Gasteiger partial charge in [-0.3, -0.25) is 0 Å². The summed E-state index contributed by atoms with van der Waals surface area (Å²) in [5.74, 6) is -0.859. The molecule has 0 atom stereocenters. The van der Waals surface area contributed by atoms with Crippen LogP contribution in [0, 0.1) is 0 Å². The number of carboxylic acid groups (broad SMARTS) is 1. The largest absolute Gasteiger partial charge is 0.478 e. The zero-order chi connectivity index (χ0) is 13.0. The Kier molecular flexibility index (Phi) is 4.33. The molecule has 0 amide bonds. The lowest BCUT2D eigenvalue weighted by molar-refractivity contribution is 0.0695. The summed E-state index contributed by atoms with van der Waals surface area (Å²) in [6.07, 6.45) is 2.64. The number of hydrogen-bond acceptors (Lipinski definition) is 3. The molecule has 0 aliphatic heterocycles. The first-order valence-electron chi connectivity index (χ1n) is 6.40. The quantitative estimate of drug-likeness (QED) is 0.719. The summed E-state index contributed by atoms with van der Waals surface area (Å²) >= 11 is 0. The van der Waals surface area contributed by atoms with Gasteiger partial charge in [0.1, 0.15) is 0 Å². The summed E-state index contributed by atoms with van der Waals surface area (Å²) in [5, 5.41) is 12.4. The number of nitrogens with zero attached hydrogens (tertiary/aromatic N) is 1. The van der Waals surface area contributed by atoms with E-state index in [1.54, 1.807) is 12.1 Å². The van der Waals surface area contributed by atoms with Crippen LogP contribution in [0.4, 0.5) is 0 Å². The Bertz CT molecular complexity index is 416. The number of carbonyl (C=O) groups is 1. The van der Waals surface area contributed by atoms with Gasteiger partial charge in [-0.05, 0) is 31.5 Å². The van der Waals surface area contributed by atoms with Crippen LogP contribution in [0.1, 0.15) is 28.8 Å². The molecule has 0 unspecified atom stereocenters. The highest BCUT2D eigenvalue weighted by atomic mass is 16.4. The van der Waals surface area contributed by atoms with Crippen molar-refractivity contribution < 1.29 is 9.90 Å². The SMILES string of the molecule is CN(CCNCc1ccccc1C(=O)O)C1CC1. The van der Waals surface area contributed by atoms with E-state index in [-0.39, 0.29) is 0 Å². The van der Waals surface area contributed by atoms with E-state index in [1.165, 1.54) is 12.8 Å². The highest BCUT2D eigenvalue weighted by Crippen LogP contribution is 2.24. The Labute approximate surface area is 108 Å². The predicted octanol–water partition coefficient (Wildman–Crippen LogP) is 1.57. The minimum absolute atomic E-state index is 0.389. The van der Waals surface area contributed by atoms with Gasteiger partial charge in [0, 0.05) is 25.7 Å². The van der Waals surface area contributed by atoms with Crippen molar-refractivity contribution in [3.63, 3.8) is 0 Å². The summed E-state index contributed by atoms with van der Waals surface area (Å²) in [4.78, 5) is 13.4. The van der Waals surface area contributed by atoms with Crippen LogP contribution in [0.25, 0.3) is 0 Å². The fourth-order valence-electron chi connectivity index (χ4n) is 2.06. The van der Waals surface area contributed by atoms with Crippen molar-refractivity contribution in [2.45, 2.75) is 25.4 Å². The highest BCUT2D eigenvalue weighted by Gasteiger charge is 2.25. The summed E-state index contributed by atoms with van der Waals surface area (Å²) < 4.78 is 0. The van der Waals surface area contributed by atoms with Crippen LogP contribution in [-0.2, 0) is 6.54 Å². The van der Waals surface area contributed by atoms with E-state index in [2.05, 4.69) is 17.3 Å². The molecule has 0 saturated heterocycles. The minimum atomic E-state index is -0.859. The standard InChI is InChI=1S/C14H20N2O2/c1-16(12-6-7-12)9-8-15-10-11-4-2-3-5-13(11)14(17)18/h2-5,12,15H,6-10H2,1H3,(H,17,18). The first-order chi connectivity index (χ1) is 8.68. The molecule has 1 aliphatic rings. The lowest BCUT2D eigenvalue weighted by atomic mass is 10.1. The van der Waals surface area contributed by atoms with Crippen molar-refractivity contribution in [3.8, 4) is 0 Å². The number of hydrogen-bond donors (Lipinski definition) is 2. The molecule has 1 aliphatic carbocycles. The van der Waals surface area contributed by atoms with Crippen molar-refractivity contribution in [1.82, 2.24) is 10.2 Å². The second-order valence-corrected chi connectivity index (χ2v) is 4.85. The van der Waals surface area contributed by atoms with Crippen LogP contribution in [0.15, 0.2) is 24.3 Å².